The Balaban J connectivity index is 2.49. The van der Waals surface area contributed by atoms with Crippen LogP contribution in [-0.4, -0.2) is 43.7 Å². The smallest absolute Gasteiger partial charge is 0.267 e. The number of benzene rings is 1. The molecule has 0 amide bonds. The first kappa shape index (κ1) is 13.8. The van der Waals surface area contributed by atoms with Crippen molar-refractivity contribution >= 4 is 10.1 Å². The third-order valence-electron chi connectivity index (χ3n) is 1.89. The van der Waals surface area contributed by atoms with Gasteiger partial charge in [0.2, 0.25) is 0 Å². The number of aliphatic hydroxyl groups excluding tert-OH is 1. The van der Waals surface area contributed by atoms with Gasteiger partial charge in [0.05, 0.1) is 7.11 Å². The van der Waals surface area contributed by atoms with E-state index in [-0.39, 0.29) is 6.61 Å². The van der Waals surface area contributed by atoms with Crippen LogP contribution in [0.5, 0.6) is 11.5 Å². The van der Waals surface area contributed by atoms with E-state index < -0.39 is 22.0 Å². The van der Waals surface area contributed by atoms with Gasteiger partial charge in [-0.2, -0.15) is 8.42 Å². The molecule has 1 atom stereocenters. The van der Waals surface area contributed by atoms with E-state index in [1.807, 2.05) is 0 Å². The first-order chi connectivity index (χ1) is 7.90. The number of methoxy groups -OCH3 is 1. The van der Waals surface area contributed by atoms with E-state index in [9.17, 15) is 13.5 Å². The summed E-state index contributed by atoms with van der Waals surface area (Å²) in [6.07, 6.45) is -1.28. The monoisotopic (exact) mass is 262 g/mol. The molecule has 0 aromatic heterocycles. The van der Waals surface area contributed by atoms with Crippen LogP contribution >= 0.6 is 0 Å². The molecule has 0 bridgehead atoms. The number of rotatable bonds is 6. The van der Waals surface area contributed by atoms with Crippen molar-refractivity contribution in [3.63, 3.8) is 0 Å². The van der Waals surface area contributed by atoms with Gasteiger partial charge in [-0.25, -0.2) is 0 Å². The average molecular weight is 262 g/mol. The molecule has 0 aliphatic carbocycles. The number of aliphatic hydroxyl groups is 1. The van der Waals surface area contributed by atoms with Crippen LogP contribution in [0.2, 0.25) is 0 Å². The Morgan fingerprint density at radius 2 is 2.00 bits per heavy atom. The van der Waals surface area contributed by atoms with Crippen LogP contribution in [0, 0.1) is 0 Å². The van der Waals surface area contributed by atoms with Gasteiger partial charge < -0.3 is 14.6 Å². The molecule has 96 valence electrons. The van der Waals surface area contributed by atoms with Crippen molar-refractivity contribution < 1.29 is 27.6 Å². The highest BCUT2D eigenvalue weighted by atomic mass is 32.2. The Labute approximate surface area is 99.5 Å². The van der Waals surface area contributed by atoms with Crippen LogP contribution < -0.4 is 9.47 Å². The first-order valence-electron chi connectivity index (χ1n) is 4.81. The molecule has 6 nitrogen and oxygen atoms in total. The molecule has 1 aromatic rings. The quantitative estimate of drug-likeness (QED) is 0.717. The summed E-state index contributed by atoms with van der Waals surface area (Å²) in [5, 5.41) is 9.28. The minimum absolute atomic E-state index is 0.229. The molecule has 7 heteroatoms. The average Bonchev–Trinajstić information content (AvgIpc) is 2.24. The maximum atomic E-state index is 10.5. The van der Waals surface area contributed by atoms with Gasteiger partial charge in [-0.15, -0.1) is 0 Å². The van der Waals surface area contributed by atoms with Gasteiger partial charge in [-0.05, 0) is 12.1 Å². The molecular weight excluding hydrogens is 248 g/mol. The Bertz CT molecular complexity index is 456. The standard InChI is InChI=1S/C10H14O6S/c1-15-9-3-2-4-10(5-9)16-6-8(11)7-17(12,13)14/h2-5,8,11H,6-7H2,1H3,(H,12,13,14)/t8-/m0/s1. The molecule has 0 heterocycles. The summed E-state index contributed by atoms with van der Waals surface area (Å²) in [5.74, 6) is 0.280. The highest BCUT2D eigenvalue weighted by Crippen LogP contribution is 2.18. The second-order valence-electron chi connectivity index (χ2n) is 3.39. The van der Waals surface area contributed by atoms with E-state index in [1.54, 1.807) is 24.3 Å². The molecule has 0 unspecified atom stereocenters. The molecule has 17 heavy (non-hydrogen) atoms. The molecule has 2 N–H and O–H groups in total. The zero-order valence-electron chi connectivity index (χ0n) is 9.24. The molecular formula is C10H14O6S. The van der Waals surface area contributed by atoms with Crippen molar-refractivity contribution in [2.45, 2.75) is 6.10 Å². The molecule has 0 saturated carbocycles. The lowest BCUT2D eigenvalue weighted by atomic mass is 10.3. The van der Waals surface area contributed by atoms with Gasteiger partial charge in [0.1, 0.15) is 30.0 Å². The maximum absolute atomic E-state index is 10.5. The van der Waals surface area contributed by atoms with E-state index in [1.165, 1.54) is 7.11 Å². The fourth-order valence-electron chi connectivity index (χ4n) is 1.17. The predicted octanol–water partition coefficient (Wildman–Crippen LogP) is 0.323. The van der Waals surface area contributed by atoms with E-state index >= 15 is 0 Å². The van der Waals surface area contributed by atoms with Gasteiger partial charge >= 0.3 is 0 Å². The molecule has 0 fully saturated rings. The zero-order valence-corrected chi connectivity index (χ0v) is 10.1. The van der Waals surface area contributed by atoms with E-state index in [4.69, 9.17) is 14.0 Å². The van der Waals surface area contributed by atoms with E-state index in [2.05, 4.69) is 0 Å². The Morgan fingerprint density at radius 3 is 2.59 bits per heavy atom. The third-order valence-corrected chi connectivity index (χ3v) is 2.69. The van der Waals surface area contributed by atoms with Crippen LogP contribution in [0.4, 0.5) is 0 Å². The summed E-state index contributed by atoms with van der Waals surface area (Å²) in [7, 11) is -2.69. The predicted molar refractivity (Wildman–Crippen MR) is 60.9 cm³/mol. The van der Waals surface area contributed by atoms with Crippen LogP contribution in [0.25, 0.3) is 0 Å². The SMILES string of the molecule is COc1cccc(OC[C@H](O)CS(=O)(=O)O)c1. The van der Waals surface area contributed by atoms with Gasteiger partial charge in [0.15, 0.2) is 0 Å². The second kappa shape index (κ2) is 5.85. The molecule has 0 spiro atoms. The minimum Gasteiger partial charge on any atom is -0.497 e. The van der Waals surface area contributed by atoms with E-state index in [0.29, 0.717) is 11.5 Å². The normalized spacial score (nSPS) is 13.1. The maximum Gasteiger partial charge on any atom is 0.267 e. The summed E-state index contributed by atoms with van der Waals surface area (Å²) in [5.41, 5.74) is 0. The summed E-state index contributed by atoms with van der Waals surface area (Å²) in [6.45, 7) is -0.229. The second-order valence-corrected chi connectivity index (χ2v) is 4.89. The summed E-state index contributed by atoms with van der Waals surface area (Å²) in [6, 6.07) is 6.66. The summed E-state index contributed by atoms with van der Waals surface area (Å²) < 4.78 is 39.6. The lowest BCUT2D eigenvalue weighted by molar-refractivity contribution is 0.123. The Morgan fingerprint density at radius 1 is 1.35 bits per heavy atom. The van der Waals surface area contributed by atoms with Crippen molar-refractivity contribution in [3.8, 4) is 11.5 Å². The van der Waals surface area contributed by atoms with Crippen LogP contribution in [0.1, 0.15) is 0 Å². The topological polar surface area (TPSA) is 93.1 Å². The van der Waals surface area contributed by atoms with E-state index in [0.717, 1.165) is 0 Å². The molecule has 1 aromatic carbocycles. The molecule has 0 radical (unpaired) electrons. The molecule has 0 aliphatic heterocycles. The fourth-order valence-corrected chi connectivity index (χ4v) is 1.76. The lowest BCUT2D eigenvalue weighted by Gasteiger charge is -2.11. The van der Waals surface area contributed by atoms with Crippen molar-refractivity contribution in [2.75, 3.05) is 19.5 Å². The third kappa shape index (κ3) is 5.53. The molecule has 1 rings (SSSR count). The molecule has 0 aliphatic rings. The first-order valence-corrected chi connectivity index (χ1v) is 6.41. The lowest BCUT2D eigenvalue weighted by Crippen LogP contribution is -2.26. The van der Waals surface area contributed by atoms with Crippen molar-refractivity contribution in [1.82, 2.24) is 0 Å². The number of hydrogen-bond donors (Lipinski definition) is 2. The van der Waals surface area contributed by atoms with Crippen molar-refractivity contribution in [1.29, 1.82) is 0 Å². The largest absolute Gasteiger partial charge is 0.497 e. The van der Waals surface area contributed by atoms with Crippen molar-refractivity contribution in [2.24, 2.45) is 0 Å². The van der Waals surface area contributed by atoms with Gasteiger partial charge in [-0.3, -0.25) is 4.55 Å². The van der Waals surface area contributed by atoms with Gasteiger partial charge in [0, 0.05) is 6.07 Å². The van der Waals surface area contributed by atoms with Crippen LogP contribution in [0.15, 0.2) is 24.3 Å². The summed E-state index contributed by atoms with van der Waals surface area (Å²) >= 11 is 0. The summed E-state index contributed by atoms with van der Waals surface area (Å²) in [4.78, 5) is 0. The fraction of sp³-hybridized carbons (Fsp3) is 0.400. The Hall–Kier alpha value is -1.31. The van der Waals surface area contributed by atoms with Gasteiger partial charge in [0.25, 0.3) is 10.1 Å². The molecule has 0 saturated heterocycles. The Kier molecular flexibility index (Phi) is 4.73. The van der Waals surface area contributed by atoms with Gasteiger partial charge in [-0.1, -0.05) is 6.07 Å². The van der Waals surface area contributed by atoms with Crippen LogP contribution in [-0.2, 0) is 10.1 Å². The zero-order chi connectivity index (χ0) is 12.9. The van der Waals surface area contributed by atoms with Crippen molar-refractivity contribution in [3.05, 3.63) is 24.3 Å². The highest BCUT2D eigenvalue weighted by molar-refractivity contribution is 7.85. The number of ether oxygens (including phenoxy) is 2. The number of hydrogen-bond acceptors (Lipinski definition) is 5. The van der Waals surface area contributed by atoms with Crippen LogP contribution in [0.3, 0.4) is 0 Å². The highest BCUT2D eigenvalue weighted by Gasteiger charge is 2.14. The minimum atomic E-state index is -4.20.